The molecule has 0 heterocycles. The summed E-state index contributed by atoms with van der Waals surface area (Å²) in [5, 5.41) is 0.150. The van der Waals surface area contributed by atoms with E-state index in [0.717, 1.165) is 6.42 Å². The summed E-state index contributed by atoms with van der Waals surface area (Å²) >= 11 is 1.57. The lowest BCUT2D eigenvalue weighted by atomic mass is 9.65. The number of carbonyl (C=O) groups excluding carboxylic acids is 2. The summed E-state index contributed by atoms with van der Waals surface area (Å²) in [5.74, 6) is 0.776. The molecular weight excluding hydrogens is 310 g/mol. The van der Waals surface area contributed by atoms with E-state index in [4.69, 9.17) is 10.5 Å². The van der Waals surface area contributed by atoms with Gasteiger partial charge in [-0.1, -0.05) is 39.8 Å². The maximum Gasteiger partial charge on any atom is 0.323 e. The Bertz CT molecular complexity index is 448. The molecule has 0 saturated carbocycles. The zero-order valence-corrected chi connectivity index (χ0v) is 15.8. The van der Waals surface area contributed by atoms with Gasteiger partial charge in [-0.3, -0.25) is 9.59 Å². The second-order valence-corrected chi connectivity index (χ2v) is 8.60. The number of esters is 1. The van der Waals surface area contributed by atoms with Gasteiger partial charge < -0.3 is 10.5 Å². The second kappa shape index (κ2) is 8.88. The number of hydrogen-bond donors (Lipinski definition) is 1. The van der Waals surface area contributed by atoms with Crippen molar-refractivity contribution in [3.63, 3.8) is 0 Å². The third kappa shape index (κ3) is 5.96. The van der Waals surface area contributed by atoms with Crippen LogP contribution in [0.1, 0.15) is 47.5 Å². The number of allylic oxidation sites excluding steroid dienone is 2. The fourth-order valence-corrected chi connectivity index (χ4v) is 4.27. The maximum atomic E-state index is 12.7. The van der Waals surface area contributed by atoms with E-state index in [1.165, 1.54) is 0 Å². The van der Waals surface area contributed by atoms with Crippen molar-refractivity contribution in [2.24, 2.45) is 23.0 Å². The molecule has 0 aromatic carbocycles. The summed E-state index contributed by atoms with van der Waals surface area (Å²) in [6.45, 7) is 10.6. The first-order valence-electron chi connectivity index (χ1n) is 8.42. The maximum absolute atomic E-state index is 12.7. The van der Waals surface area contributed by atoms with Crippen molar-refractivity contribution in [2.75, 3.05) is 12.4 Å². The molecule has 4 atom stereocenters. The minimum atomic E-state index is -0.620. The van der Waals surface area contributed by atoms with Crippen LogP contribution >= 0.6 is 11.8 Å². The molecule has 0 spiro atoms. The number of Topliss-reactive ketones (excluding diaryl/α,β-unsaturated/α-hetero) is 1. The molecule has 1 aliphatic rings. The summed E-state index contributed by atoms with van der Waals surface area (Å²) < 4.78 is 4.90. The van der Waals surface area contributed by atoms with Crippen molar-refractivity contribution in [2.45, 2.75) is 58.8 Å². The molecule has 0 aliphatic heterocycles. The van der Waals surface area contributed by atoms with Crippen molar-refractivity contribution in [1.29, 1.82) is 0 Å². The van der Waals surface area contributed by atoms with Crippen LogP contribution in [0.25, 0.3) is 0 Å². The summed E-state index contributed by atoms with van der Waals surface area (Å²) in [5.41, 5.74) is 5.81. The van der Waals surface area contributed by atoms with Crippen LogP contribution in [-0.4, -0.2) is 35.4 Å². The average molecular weight is 342 g/mol. The number of hydrogen-bond acceptors (Lipinski definition) is 5. The van der Waals surface area contributed by atoms with Crippen LogP contribution < -0.4 is 5.73 Å². The fourth-order valence-electron chi connectivity index (χ4n) is 3.32. The Morgan fingerprint density at radius 2 is 2.09 bits per heavy atom. The van der Waals surface area contributed by atoms with Gasteiger partial charge in [-0.2, -0.15) is 11.8 Å². The van der Waals surface area contributed by atoms with Gasteiger partial charge in [0.15, 0.2) is 0 Å². The number of carbonyl (C=O) groups is 2. The minimum Gasteiger partial charge on any atom is -0.465 e. The van der Waals surface area contributed by atoms with E-state index in [9.17, 15) is 9.59 Å². The normalized spacial score (nSPS) is 25.7. The highest BCUT2D eigenvalue weighted by atomic mass is 32.2. The summed E-state index contributed by atoms with van der Waals surface area (Å²) in [7, 11) is 0. The van der Waals surface area contributed by atoms with Gasteiger partial charge in [0.25, 0.3) is 0 Å². The third-order valence-corrected chi connectivity index (χ3v) is 5.72. The molecular formula is C18H31NO3S. The Kier molecular flexibility index (Phi) is 7.81. The zero-order chi connectivity index (χ0) is 17.6. The topological polar surface area (TPSA) is 69.4 Å². The number of ether oxygens (including phenoxy) is 1. The smallest absolute Gasteiger partial charge is 0.323 e. The zero-order valence-electron chi connectivity index (χ0n) is 15.0. The predicted molar refractivity (Wildman–Crippen MR) is 96.3 cm³/mol. The Morgan fingerprint density at radius 1 is 1.43 bits per heavy atom. The van der Waals surface area contributed by atoms with Gasteiger partial charge in [-0.25, -0.2) is 0 Å². The van der Waals surface area contributed by atoms with Crippen molar-refractivity contribution in [1.82, 2.24) is 0 Å². The first kappa shape index (κ1) is 20.2. The standard InChI is InChI=1S/C18H31NO3S/c1-6-22-17(21)14(19)11-23-13(3)10-15(20)16-12(2)8-7-9-18(16,4)5/h7-8,12-14,16H,6,9-11,19H2,1-5H3/t12-,13?,14+,16?/m1/s1. The summed E-state index contributed by atoms with van der Waals surface area (Å²) in [6.07, 6.45) is 5.81. The van der Waals surface area contributed by atoms with Crippen LogP contribution in [0.5, 0.6) is 0 Å². The molecule has 0 aromatic heterocycles. The van der Waals surface area contributed by atoms with Gasteiger partial charge >= 0.3 is 5.97 Å². The van der Waals surface area contributed by atoms with Gasteiger partial charge in [0.05, 0.1) is 6.61 Å². The van der Waals surface area contributed by atoms with Gasteiger partial charge in [0.1, 0.15) is 11.8 Å². The van der Waals surface area contributed by atoms with Crippen LogP contribution in [-0.2, 0) is 14.3 Å². The van der Waals surface area contributed by atoms with Crippen LogP contribution in [0, 0.1) is 17.3 Å². The lowest BCUT2D eigenvalue weighted by molar-refractivity contribution is -0.144. The quantitative estimate of drug-likeness (QED) is 0.542. The molecule has 0 amide bonds. The highest BCUT2D eigenvalue weighted by molar-refractivity contribution is 7.99. The molecule has 132 valence electrons. The molecule has 4 nitrogen and oxygen atoms in total. The van der Waals surface area contributed by atoms with Gasteiger partial charge in [-0.15, -0.1) is 0 Å². The largest absolute Gasteiger partial charge is 0.465 e. The van der Waals surface area contributed by atoms with E-state index < -0.39 is 6.04 Å². The van der Waals surface area contributed by atoms with Crippen LogP contribution in [0.3, 0.4) is 0 Å². The number of thioether (sulfide) groups is 1. The van der Waals surface area contributed by atoms with Crippen LogP contribution in [0.4, 0.5) is 0 Å². The molecule has 5 heteroatoms. The Hall–Kier alpha value is -0.810. The molecule has 2 N–H and O–H groups in total. The van der Waals surface area contributed by atoms with E-state index in [-0.39, 0.29) is 28.5 Å². The Labute approximate surface area is 144 Å². The summed E-state index contributed by atoms with van der Waals surface area (Å²) in [6, 6.07) is -0.620. The van der Waals surface area contributed by atoms with Crippen molar-refractivity contribution >= 4 is 23.5 Å². The second-order valence-electron chi connectivity index (χ2n) is 7.13. The Morgan fingerprint density at radius 3 is 2.65 bits per heavy atom. The summed E-state index contributed by atoms with van der Waals surface area (Å²) in [4.78, 5) is 24.3. The molecule has 0 radical (unpaired) electrons. The molecule has 1 aliphatic carbocycles. The van der Waals surface area contributed by atoms with E-state index in [1.807, 2.05) is 6.92 Å². The molecule has 23 heavy (non-hydrogen) atoms. The van der Waals surface area contributed by atoms with Gasteiger partial charge in [-0.05, 0) is 24.7 Å². The van der Waals surface area contributed by atoms with Crippen molar-refractivity contribution in [3.05, 3.63) is 12.2 Å². The van der Waals surface area contributed by atoms with Gasteiger partial charge in [0.2, 0.25) is 0 Å². The Balaban J connectivity index is 2.50. The number of ketones is 1. The van der Waals surface area contributed by atoms with Crippen LogP contribution in [0.15, 0.2) is 12.2 Å². The lowest BCUT2D eigenvalue weighted by Crippen LogP contribution is -2.38. The first-order valence-corrected chi connectivity index (χ1v) is 9.47. The minimum absolute atomic E-state index is 0.0109. The fraction of sp³-hybridized carbons (Fsp3) is 0.778. The molecule has 1 rings (SSSR count). The van der Waals surface area contributed by atoms with E-state index >= 15 is 0 Å². The highest BCUT2D eigenvalue weighted by Gasteiger charge is 2.39. The third-order valence-electron chi connectivity index (χ3n) is 4.44. The monoisotopic (exact) mass is 341 g/mol. The molecule has 0 saturated heterocycles. The van der Waals surface area contributed by atoms with Gasteiger partial charge in [0, 0.05) is 23.3 Å². The number of rotatable bonds is 8. The SMILES string of the molecule is CCOC(=O)[C@@H](N)CSC(C)CC(=O)C1[C@H](C)C=CCC1(C)C. The molecule has 0 fully saturated rings. The van der Waals surface area contributed by atoms with Crippen LogP contribution in [0.2, 0.25) is 0 Å². The van der Waals surface area contributed by atoms with Crippen molar-refractivity contribution < 1.29 is 14.3 Å². The lowest BCUT2D eigenvalue weighted by Gasteiger charge is -2.39. The van der Waals surface area contributed by atoms with Crippen molar-refractivity contribution in [3.8, 4) is 0 Å². The molecule has 2 unspecified atom stereocenters. The van der Waals surface area contributed by atoms with E-state index in [1.54, 1.807) is 18.7 Å². The predicted octanol–water partition coefficient (Wildman–Crippen LogP) is 3.20. The average Bonchev–Trinajstić information content (AvgIpc) is 2.43. The number of nitrogens with two attached hydrogens (primary N) is 1. The molecule has 0 bridgehead atoms. The highest BCUT2D eigenvalue weighted by Crippen LogP contribution is 2.42. The first-order chi connectivity index (χ1) is 10.7. The molecule has 0 aromatic rings. The van der Waals surface area contributed by atoms with E-state index in [0.29, 0.717) is 24.6 Å². The van der Waals surface area contributed by atoms with E-state index in [2.05, 4.69) is 32.9 Å².